The third-order valence-electron chi connectivity index (χ3n) is 4.49. The van der Waals surface area contributed by atoms with Crippen molar-refractivity contribution >= 4 is 22.7 Å². The van der Waals surface area contributed by atoms with Gasteiger partial charge < -0.3 is 20.1 Å². The fraction of sp³-hybridized carbons (Fsp3) is 0.444. The number of hydrogen-bond acceptors (Lipinski definition) is 3. The summed E-state index contributed by atoms with van der Waals surface area (Å²) >= 11 is 0. The molecular formula is C18H23FN4O2. The highest BCUT2D eigenvalue weighted by Crippen LogP contribution is 2.19. The number of rotatable bonds is 6. The van der Waals surface area contributed by atoms with Crippen molar-refractivity contribution < 1.29 is 14.0 Å². The van der Waals surface area contributed by atoms with Crippen molar-refractivity contribution in [2.75, 3.05) is 33.7 Å². The molecule has 0 bridgehead atoms. The summed E-state index contributed by atoms with van der Waals surface area (Å²) in [5.74, 6) is -0.686. The highest BCUT2D eigenvalue weighted by molar-refractivity contribution is 5.89. The van der Waals surface area contributed by atoms with E-state index in [9.17, 15) is 14.0 Å². The lowest BCUT2D eigenvalue weighted by atomic mass is 10.1. The number of benzene rings is 1. The highest BCUT2D eigenvalue weighted by atomic mass is 19.1. The van der Waals surface area contributed by atoms with Gasteiger partial charge in [0.25, 0.3) is 0 Å². The quantitative estimate of drug-likeness (QED) is 0.829. The zero-order valence-electron chi connectivity index (χ0n) is 14.5. The molecule has 0 aliphatic carbocycles. The van der Waals surface area contributed by atoms with Crippen molar-refractivity contribution in [1.29, 1.82) is 0 Å². The van der Waals surface area contributed by atoms with Crippen LogP contribution < -0.4 is 5.32 Å². The Hall–Kier alpha value is -2.41. The van der Waals surface area contributed by atoms with E-state index in [1.165, 1.54) is 12.1 Å². The topological polar surface area (TPSA) is 68.4 Å². The van der Waals surface area contributed by atoms with E-state index in [1.54, 1.807) is 11.0 Å². The molecule has 2 amide bonds. The van der Waals surface area contributed by atoms with Crippen LogP contribution in [0, 0.1) is 11.7 Å². The molecule has 2 aromatic rings. The molecule has 2 N–H and O–H groups in total. The predicted molar refractivity (Wildman–Crippen MR) is 93.3 cm³/mol. The molecule has 1 aromatic carbocycles. The molecule has 6 nitrogen and oxygen atoms in total. The van der Waals surface area contributed by atoms with Gasteiger partial charge >= 0.3 is 0 Å². The molecule has 134 valence electrons. The van der Waals surface area contributed by atoms with Gasteiger partial charge in [-0.25, -0.2) is 4.39 Å². The third-order valence-corrected chi connectivity index (χ3v) is 4.49. The highest BCUT2D eigenvalue weighted by Gasteiger charge is 2.33. The lowest BCUT2D eigenvalue weighted by molar-refractivity contribution is -0.129. The molecule has 1 aliphatic heterocycles. The van der Waals surface area contributed by atoms with Crippen LogP contribution in [0.2, 0.25) is 0 Å². The number of carbonyl (C=O) groups is 2. The summed E-state index contributed by atoms with van der Waals surface area (Å²) in [6, 6.07) is 6.35. The maximum absolute atomic E-state index is 13.2. The number of nitrogens with zero attached hydrogens (tertiary/aromatic N) is 2. The summed E-state index contributed by atoms with van der Waals surface area (Å²) in [6.45, 7) is 2.23. The summed E-state index contributed by atoms with van der Waals surface area (Å²) in [7, 11) is 3.91. The Morgan fingerprint density at radius 3 is 2.96 bits per heavy atom. The first-order chi connectivity index (χ1) is 11.9. The molecule has 1 atom stereocenters. The molecule has 1 fully saturated rings. The van der Waals surface area contributed by atoms with E-state index in [-0.39, 0.29) is 30.0 Å². The van der Waals surface area contributed by atoms with Gasteiger partial charge in [0, 0.05) is 42.7 Å². The van der Waals surface area contributed by atoms with Crippen LogP contribution in [0.4, 0.5) is 4.39 Å². The van der Waals surface area contributed by atoms with Crippen molar-refractivity contribution in [3.63, 3.8) is 0 Å². The van der Waals surface area contributed by atoms with E-state index in [4.69, 9.17) is 0 Å². The number of likely N-dealkylation sites (tertiary alicyclic amines) is 1. The van der Waals surface area contributed by atoms with E-state index in [2.05, 4.69) is 10.3 Å². The van der Waals surface area contributed by atoms with Gasteiger partial charge in [-0.2, -0.15) is 0 Å². The molecule has 0 radical (unpaired) electrons. The van der Waals surface area contributed by atoms with Crippen LogP contribution in [0.1, 0.15) is 12.1 Å². The summed E-state index contributed by atoms with van der Waals surface area (Å²) < 4.78 is 13.2. The number of carbonyl (C=O) groups excluding carboxylic acids is 2. The minimum atomic E-state index is -0.309. The molecule has 0 unspecified atom stereocenters. The zero-order valence-corrected chi connectivity index (χ0v) is 14.5. The molecule has 1 saturated heterocycles. The van der Waals surface area contributed by atoms with Crippen molar-refractivity contribution in [2.45, 2.75) is 13.0 Å². The Kier molecular flexibility index (Phi) is 5.03. The van der Waals surface area contributed by atoms with Crippen molar-refractivity contribution in [1.82, 2.24) is 20.1 Å². The fourth-order valence-corrected chi connectivity index (χ4v) is 3.07. The van der Waals surface area contributed by atoms with Gasteiger partial charge in [-0.05, 0) is 38.4 Å². The number of aromatic nitrogens is 1. The fourth-order valence-electron chi connectivity index (χ4n) is 3.07. The van der Waals surface area contributed by atoms with Crippen molar-refractivity contribution in [3.05, 3.63) is 35.8 Å². The Bertz CT molecular complexity index is 786. The number of hydrogen-bond donors (Lipinski definition) is 2. The Morgan fingerprint density at radius 2 is 2.20 bits per heavy atom. The average molecular weight is 346 g/mol. The SMILES string of the molecule is CN(C)CCN1C[C@@H](C(=O)NCc2cc3cc(F)ccc3[nH]2)CC1=O. The molecular weight excluding hydrogens is 323 g/mol. The standard InChI is InChI=1S/C18H23FN4O2/c1-22(2)5-6-23-11-13(9-17(23)24)18(25)20-10-15-8-12-7-14(19)3-4-16(12)21-15/h3-4,7-8,13,21H,5-6,9-11H2,1-2H3,(H,20,25)/t13-/m0/s1. The van der Waals surface area contributed by atoms with E-state index in [0.29, 0.717) is 19.6 Å². The number of aromatic amines is 1. The minimum Gasteiger partial charge on any atom is -0.357 e. The van der Waals surface area contributed by atoms with Gasteiger partial charge in [-0.1, -0.05) is 0 Å². The van der Waals surface area contributed by atoms with Gasteiger partial charge in [-0.15, -0.1) is 0 Å². The summed E-state index contributed by atoms with van der Waals surface area (Å²) in [5, 5.41) is 3.64. The average Bonchev–Trinajstić information content (AvgIpc) is 3.13. The van der Waals surface area contributed by atoms with Crippen LogP contribution >= 0.6 is 0 Å². The van der Waals surface area contributed by atoms with Gasteiger partial charge in [0.15, 0.2) is 0 Å². The maximum Gasteiger partial charge on any atom is 0.225 e. The number of likely N-dealkylation sites (N-methyl/N-ethyl adjacent to an activating group) is 1. The molecule has 0 saturated carbocycles. The molecule has 25 heavy (non-hydrogen) atoms. The van der Waals surface area contributed by atoms with Crippen molar-refractivity contribution in [3.8, 4) is 0 Å². The summed E-state index contributed by atoms with van der Waals surface area (Å²) in [4.78, 5) is 31.3. The third kappa shape index (κ3) is 4.17. The van der Waals surface area contributed by atoms with Gasteiger partial charge in [-0.3, -0.25) is 9.59 Å². The number of fused-ring (bicyclic) bond motifs is 1. The number of amides is 2. The van der Waals surface area contributed by atoms with E-state index in [0.717, 1.165) is 23.1 Å². The van der Waals surface area contributed by atoms with E-state index < -0.39 is 0 Å². The first-order valence-corrected chi connectivity index (χ1v) is 8.40. The van der Waals surface area contributed by atoms with Gasteiger partial charge in [0.2, 0.25) is 11.8 Å². The zero-order chi connectivity index (χ0) is 18.0. The first-order valence-electron chi connectivity index (χ1n) is 8.40. The monoisotopic (exact) mass is 346 g/mol. The van der Waals surface area contributed by atoms with E-state index >= 15 is 0 Å². The van der Waals surface area contributed by atoms with Gasteiger partial charge in [0.1, 0.15) is 5.82 Å². The molecule has 1 aromatic heterocycles. The Labute approximate surface area is 146 Å². The van der Waals surface area contributed by atoms with Crippen LogP contribution in [0.5, 0.6) is 0 Å². The van der Waals surface area contributed by atoms with Crippen LogP contribution in [0.25, 0.3) is 10.9 Å². The molecule has 1 aliphatic rings. The van der Waals surface area contributed by atoms with Crippen LogP contribution in [0.3, 0.4) is 0 Å². The minimum absolute atomic E-state index is 0.0306. The van der Waals surface area contributed by atoms with Crippen LogP contribution in [-0.2, 0) is 16.1 Å². The molecule has 0 spiro atoms. The van der Waals surface area contributed by atoms with Crippen molar-refractivity contribution in [2.24, 2.45) is 5.92 Å². The Balaban J connectivity index is 1.54. The second-order valence-electron chi connectivity index (χ2n) is 6.79. The Morgan fingerprint density at radius 1 is 1.40 bits per heavy atom. The normalized spacial score (nSPS) is 17.7. The lowest BCUT2D eigenvalue weighted by Crippen LogP contribution is -2.35. The molecule has 3 rings (SSSR count). The second kappa shape index (κ2) is 7.23. The first kappa shape index (κ1) is 17.4. The maximum atomic E-state index is 13.2. The molecule has 7 heteroatoms. The van der Waals surface area contributed by atoms with Gasteiger partial charge in [0.05, 0.1) is 12.5 Å². The number of H-pyrrole nitrogens is 1. The van der Waals surface area contributed by atoms with Crippen LogP contribution in [-0.4, -0.2) is 60.3 Å². The number of nitrogens with one attached hydrogen (secondary N) is 2. The second-order valence-corrected chi connectivity index (χ2v) is 6.79. The predicted octanol–water partition coefficient (Wildman–Crippen LogP) is 1.33. The molecule has 2 heterocycles. The largest absolute Gasteiger partial charge is 0.357 e. The summed E-state index contributed by atoms with van der Waals surface area (Å²) in [6.07, 6.45) is 0.261. The number of halogens is 1. The lowest BCUT2D eigenvalue weighted by Gasteiger charge is -2.19. The van der Waals surface area contributed by atoms with Crippen LogP contribution in [0.15, 0.2) is 24.3 Å². The smallest absolute Gasteiger partial charge is 0.225 e. The summed E-state index contributed by atoms with van der Waals surface area (Å²) in [5.41, 5.74) is 1.64. The van der Waals surface area contributed by atoms with E-state index in [1.807, 2.05) is 25.1 Å².